The van der Waals surface area contributed by atoms with E-state index in [4.69, 9.17) is 9.72 Å². The fourth-order valence-electron chi connectivity index (χ4n) is 3.45. The number of ether oxygens (including phenoxy) is 1. The summed E-state index contributed by atoms with van der Waals surface area (Å²) in [6, 6.07) is 7.87. The highest BCUT2D eigenvalue weighted by molar-refractivity contribution is 7.20. The highest BCUT2D eigenvalue weighted by Gasteiger charge is 2.28. The number of rotatable bonds is 8. The van der Waals surface area contributed by atoms with E-state index in [2.05, 4.69) is 15.2 Å². The predicted molar refractivity (Wildman–Crippen MR) is 121 cm³/mol. The molecule has 2 aromatic heterocycles. The number of carbonyl (C=O) groups is 1. The van der Waals surface area contributed by atoms with Crippen molar-refractivity contribution < 1.29 is 9.53 Å². The molecule has 1 N–H and O–H groups in total. The van der Waals surface area contributed by atoms with Gasteiger partial charge in [-0.25, -0.2) is 9.97 Å². The first-order chi connectivity index (χ1) is 14.4. The van der Waals surface area contributed by atoms with Crippen molar-refractivity contribution in [2.24, 2.45) is 0 Å². The number of amides is 1. The minimum Gasteiger partial charge on any atom is -0.492 e. The normalized spacial score (nSPS) is 13.8. The van der Waals surface area contributed by atoms with Crippen LogP contribution >= 0.6 is 11.3 Å². The average molecular weight is 425 g/mol. The van der Waals surface area contributed by atoms with Crippen LogP contribution in [0, 0.1) is 13.8 Å². The van der Waals surface area contributed by atoms with Gasteiger partial charge in [0.15, 0.2) is 0 Å². The van der Waals surface area contributed by atoms with Crippen molar-refractivity contribution >= 4 is 27.5 Å². The van der Waals surface area contributed by atoms with E-state index in [0.717, 1.165) is 45.2 Å². The van der Waals surface area contributed by atoms with E-state index in [1.165, 1.54) is 24.2 Å². The summed E-state index contributed by atoms with van der Waals surface area (Å²) in [5.74, 6) is 2.18. The Bertz CT molecular complexity index is 1070. The van der Waals surface area contributed by atoms with E-state index in [1.54, 1.807) is 0 Å². The van der Waals surface area contributed by atoms with Crippen LogP contribution in [0.1, 0.15) is 51.1 Å². The Balaban J connectivity index is 1.45. The number of likely N-dealkylation sites (N-methyl/N-ethyl adjacent to an activating group) is 1. The van der Waals surface area contributed by atoms with Crippen LogP contribution in [0.25, 0.3) is 10.2 Å². The smallest absolute Gasteiger partial charge is 0.261 e. The van der Waals surface area contributed by atoms with Crippen LogP contribution in [0.15, 0.2) is 24.3 Å². The van der Waals surface area contributed by atoms with Gasteiger partial charge in [0.2, 0.25) is 0 Å². The predicted octanol–water partition coefficient (Wildman–Crippen LogP) is 4.06. The van der Waals surface area contributed by atoms with Crippen LogP contribution in [0.2, 0.25) is 0 Å². The molecule has 0 unspecified atom stereocenters. The molecule has 0 aliphatic heterocycles. The van der Waals surface area contributed by atoms with E-state index in [-0.39, 0.29) is 5.91 Å². The standard InChI is InChI=1S/C23H28N4O2S/c1-14-19-15(2)25-21(17-8-9-17)26-23(19)30-20(14)22(28)24-13-16-6-5-7-18(12-16)29-11-10-27(3)4/h5-7,12,17H,8-11,13H2,1-4H3,(H,24,28). The summed E-state index contributed by atoms with van der Waals surface area (Å²) in [7, 11) is 4.04. The zero-order valence-electron chi connectivity index (χ0n) is 18.0. The van der Waals surface area contributed by atoms with E-state index in [9.17, 15) is 4.79 Å². The number of hydrogen-bond donors (Lipinski definition) is 1. The molecule has 1 saturated carbocycles. The molecule has 0 spiro atoms. The summed E-state index contributed by atoms with van der Waals surface area (Å²) in [6.45, 7) is 5.94. The van der Waals surface area contributed by atoms with Crippen molar-refractivity contribution in [3.63, 3.8) is 0 Å². The lowest BCUT2D eigenvalue weighted by Crippen LogP contribution is -2.22. The molecule has 3 aromatic rings. The molecule has 30 heavy (non-hydrogen) atoms. The minimum atomic E-state index is -0.0678. The summed E-state index contributed by atoms with van der Waals surface area (Å²) in [4.78, 5) is 26.0. The summed E-state index contributed by atoms with van der Waals surface area (Å²) < 4.78 is 5.79. The van der Waals surface area contributed by atoms with Crippen LogP contribution in [0.3, 0.4) is 0 Å². The molecule has 1 aromatic carbocycles. The molecule has 4 rings (SSSR count). The number of benzene rings is 1. The van der Waals surface area contributed by atoms with Gasteiger partial charge >= 0.3 is 0 Å². The molecule has 0 radical (unpaired) electrons. The number of thiophene rings is 1. The Hall–Kier alpha value is -2.51. The van der Waals surface area contributed by atoms with Gasteiger partial charge in [0, 0.05) is 24.4 Å². The molecule has 1 fully saturated rings. The number of carbonyl (C=O) groups excluding carboxylic acids is 1. The summed E-state index contributed by atoms with van der Waals surface area (Å²) in [5, 5.41) is 4.07. The minimum absolute atomic E-state index is 0.0678. The summed E-state index contributed by atoms with van der Waals surface area (Å²) in [6.07, 6.45) is 2.33. The van der Waals surface area contributed by atoms with Gasteiger partial charge < -0.3 is 15.0 Å². The van der Waals surface area contributed by atoms with E-state index in [0.29, 0.717) is 23.9 Å². The largest absolute Gasteiger partial charge is 0.492 e. The SMILES string of the molecule is Cc1nc(C2CC2)nc2sc(C(=O)NCc3cccc(OCCN(C)C)c3)c(C)c12. The Kier molecular flexibility index (Phi) is 6.01. The topological polar surface area (TPSA) is 67.3 Å². The molecule has 1 aliphatic carbocycles. The van der Waals surface area contributed by atoms with Gasteiger partial charge in [0.25, 0.3) is 5.91 Å². The highest BCUT2D eigenvalue weighted by atomic mass is 32.1. The fraction of sp³-hybridized carbons (Fsp3) is 0.435. The molecule has 2 heterocycles. The Labute approximate surface area is 181 Å². The Morgan fingerprint density at radius 1 is 1.27 bits per heavy atom. The summed E-state index contributed by atoms with van der Waals surface area (Å²) >= 11 is 1.47. The van der Waals surface area contributed by atoms with E-state index < -0.39 is 0 Å². The molecule has 7 heteroatoms. The monoisotopic (exact) mass is 424 g/mol. The average Bonchev–Trinajstić information content (AvgIpc) is 3.50. The zero-order chi connectivity index (χ0) is 21.3. The number of nitrogens with one attached hydrogen (secondary N) is 1. The third-order valence-corrected chi connectivity index (χ3v) is 6.48. The summed E-state index contributed by atoms with van der Waals surface area (Å²) in [5.41, 5.74) is 2.95. The quantitative estimate of drug-likeness (QED) is 0.591. The van der Waals surface area contributed by atoms with Crippen LogP contribution in [0.4, 0.5) is 0 Å². The highest BCUT2D eigenvalue weighted by Crippen LogP contribution is 2.40. The second-order valence-corrected chi connectivity index (χ2v) is 9.16. The number of aryl methyl sites for hydroxylation is 2. The van der Waals surface area contributed by atoms with Gasteiger partial charge in [-0.3, -0.25) is 4.79 Å². The first kappa shape index (κ1) is 20.8. The van der Waals surface area contributed by atoms with E-state index in [1.807, 2.05) is 52.2 Å². The van der Waals surface area contributed by atoms with Gasteiger partial charge in [0.1, 0.15) is 23.0 Å². The first-order valence-electron chi connectivity index (χ1n) is 10.3. The van der Waals surface area contributed by atoms with Crippen molar-refractivity contribution in [2.75, 3.05) is 27.2 Å². The van der Waals surface area contributed by atoms with Crippen molar-refractivity contribution in [1.29, 1.82) is 0 Å². The molecule has 1 amide bonds. The third kappa shape index (κ3) is 4.63. The van der Waals surface area contributed by atoms with Crippen molar-refractivity contribution in [3.05, 3.63) is 51.8 Å². The van der Waals surface area contributed by atoms with Crippen LogP contribution in [-0.2, 0) is 6.54 Å². The molecule has 0 bridgehead atoms. The number of aromatic nitrogens is 2. The van der Waals surface area contributed by atoms with Crippen molar-refractivity contribution in [3.8, 4) is 5.75 Å². The maximum Gasteiger partial charge on any atom is 0.261 e. The lowest BCUT2D eigenvalue weighted by molar-refractivity contribution is 0.0954. The lowest BCUT2D eigenvalue weighted by Gasteiger charge is -2.12. The molecule has 1 aliphatic rings. The van der Waals surface area contributed by atoms with Crippen LogP contribution in [-0.4, -0.2) is 48.0 Å². The second-order valence-electron chi connectivity index (χ2n) is 8.16. The Morgan fingerprint density at radius 3 is 2.80 bits per heavy atom. The van der Waals surface area contributed by atoms with Gasteiger partial charge in [-0.15, -0.1) is 11.3 Å². The van der Waals surface area contributed by atoms with Gasteiger partial charge in [-0.05, 0) is 64.0 Å². The first-order valence-corrected chi connectivity index (χ1v) is 11.2. The molecule has 0 atom stereocenters. The number of nitrogens with zero attached hydrogens (tertiary/aromatic N) is 3. The fourth-order valence-corrected chi connectivity index (χ4v) is 4.61. The van der Waals surface area contributed by atoms with E-state index >= 15 is 0 Å². The molecule has 0 saturated heterocycles. The number of fused-ring (bicyclic) bond motifs is 1. The van der Waals surface area contributed by atoms with Crippen LogP contribution in [0.5, 0.6) is 5.75 Å². The maximum absolute atomic E-state index is 12.9. The van der Waals surface area contributed by atoms with Crippen LogP contribution < -0.4 is 10.1 Å². The lowest BCUT2D eigenvalue weighted by atomic mass is 10.1. The maximum atomic E-state index is 12.9. The molecular weight excluding hydrogens is 396 g/mol. The zero-order valence-corrected chi connectivity index (χ0v) is 18.8. The van der Waals surface area contributed by atoms with Gasteiger partial charge in [-0.2, -0.15) is 0 Å². The second kappa shape index (κ2) is 8.70. The third-order valence-electron chi connectivity index (χ3n) is 5.30. The number of hydrogen-bond acceptors (Lipinski definition) is 6. The van der Waals surface area contributed by atoms with Crippen molar-refractivity contribution in [1.82, 2.24) is 20.2 Å². The van der Waals surface area contributed by atoms with Crippen molar-refractivity contribution in [2.45, 2.75) is 39.2 Å². The molecular formula is C23H28N4O2S. The van der Waals surface area contributed by atoms with Gasteiger partial charge in [0.05, 0.1) is 10.6 Å². The van der Waals surface area contributed by atoms with Gasteiger partial charge in [-0.1, -0.05) is 12.1 Å². The Morgan fingerprint density at radius 2 is 2.07 bits per heavy atom. The molecule has 158 valence electrons. The molecule has 6 nitrogen and oxygen atoms in total.